The summed E-state index contributed by atoms with van der Waals surface area (Å²) >= 11 is 0. The number of alkyl carbamates (subject to hydrolysis) is 1. The molecule has 0 radical (unpaired) electrons. The number of hydrogen-bond acceptors (Lipinski definition) is 3. The maximum absolute atomic E-state index is 11.7. The van der Waals surface area contributed by atoms with Crippen LogP contribution in [0.2, 0.25) is 0 Å². The molecule has 1 atom stereocenters. The summed E-state index contributed by atoms with van der Waals surface area (Å²) in [5.74, 6) is 1.45. The van der Waals surface area contributed by atoms with Crippen LogP contribution in [0.4, 0.5) is 4.79 Å². The monoisotopic (exact) mass is 312 g/mol. The second-order valence-corrected chi connectivity index (χ2v) is 6.08. The van der Waals surface area contributed by atoms with E-state index in [0.717, 1.165) is 32.0 Å². The van der Waals surface area contributed by atoms with Crippen LogP contribution in [0.3, 0.4) is 0 Å². The summed E-state index contributed by atoms with van der Waals surface area (Å²) < 4.78 is 4.98. The molecule has 0 spiro atoms. The van der Waals surface area contributed by atoms with Crippen molar-refractivity contribution >= 4 is 12.1 Å². The zero-order valence-electron chi connectivity index (χ0n) is 14.5. The first-order chi connectivity index (χ1) is 10.6. The van der Waals surface area contributed by atoms with Gasteiger partial charge in [0.25, 0.3) is 0 Å². The molecule has 22 heavy (non-hydrogen) atoms. The number of likely N-dealkylation sites (tertiary alicyclic amines) is 1. The van der Waals surface area contributed by atoms with Gasteiger partial charge in [0.1, 0.15) is 0 Å². The van der Waals surface area contributed by atoms with Crippen molar-refractivity contribution in [3.05, 3.63) is 0 Å². The van der Waals surface area contributed by atoms with Crippen molar-refractivity contribution in [1.82, 2.24) is 15.5 Å². The fourth-order valence-corrected chi connectivity index (χ4v) is 2.64. The highest BCUT2D eigenvalue weighted by Crippen LogP contribution is 2.09. The number of amides is 1. The molecule has 1 amide bonds. The molecule has 0 aromatic carbocycles. The summed E-state index contributed by atoms with van der Waals surface area (Å²) in [6.45, 7) is 12.1. The van der Waals surface area contributed by atoms with Gasteiger partial charge in [0.2, 0.25) is 0 Å². The summed E-state index contributed by atoms with van der Waals surface area (Å²) in [5, 5.41) is 6.27. The maximum atomic E-state index is 11.7. The van der Waals surface area contributed by atoms with Crippen LogP contribution in [0, 0.1) is 5.92 Å². The minimum absolute atomic E-state index is 0.00955. The molecule has 1 heterocycles. The summed E-state index contributed by atoms with van der Waals surface area (Å²) in [6.07, 6.45) is 2.98. The molecule has 0 bridgehead atoms. The highest BCUT2D eigenvalue weighted by atomic mass is 16.5. The van der Waals surface area contributed by atoms with Crippen LogP contribution in [0.5, 0.6) is 0 Å². The van der Waals surface area contributed by atoms with E-state index in [9.17, 15) is 4.79 Å². The third kappa shape index (κ3) is 7.00. The second-order valence-electron chi connectivity index (χ2n) is 6.08. The number of rotatable bonds is 7. The summed E-state index contributed by atoms with van der Waals surface area (Å²) in [7, 11) is 0. The third-order valence-corrected chi connectivity index (χ3v) is 3.56. The number of hydrogen-bond donors (Lipinski definition) is 2. The first kappa shape index (κ1) is 18.6. The SMILES string of the molecule is CCNC(=NCC(CC(C)C)NC(=O)OCC)N1CCCC1. The Hall–Kier alpha value is -1.46. The molecule has 0 aromatic heterocycles. The highest BCUT2D eigenvalue weighted by Gasteiger charge is 2.18. The van der Waals surface area contributed by atoms with Crippen LogP contribution in [0.25, 0.3) is 0 Å². The van der Waals surface area contributed by atoms with Gasteiger partial charge < -0.3 is 20.3 Å². The molecule has 0 aromatic rings. The maximum Gasteiger partial charge on any atom is 0.407 e. The van der Waals surface area contributed by atoms with Crippen molar-refractivity contribution < 1.29 is 9.53 Å². The van der Waals surface area contributed by atoms with Crippen LogP contribution in [-0.2, 0) is 4.74 Å². The van der Waals surface area contributed by atoms with Crippen LogP contribution in [0.15, 0.2) is 4.99 Å². The van der Waals surface area contributed by atoms with E-state index in [2.05, 4.69) is 36.3 Å². The summed E-state index contributed by atoms with van der Waals surface area (Å²) in [4.78, 5) is 18.7. The Morgan fingerprint density at radius 3 is 2.50 bits per heavy atom. The molecule has 0 aliphatic carbocycles. The van der Waals surface area contributed by atoms with E-state index in [1.165, 1.54) is 12.8 Å². The van der Waals surface area contributed by atoms with Gasteiger partial charge in [-0.2, -0.15) is 0 Å². The number of aliphatic imine (C=N–C) groups is 1. The van der Waals surface area contributed by atoms with Crippen molar-refractivity contribution in [2.75, 3.05) is 32.8 Å². The standard InChI is InChI=1S/C16H32N4O2/c1-5-17-15(20-9-7-8-10-20)18-12-14(11-13(3)4)19-16(21)22-6-2/h13-14H,5-12H2,1-4H3,(H,17,18)(H,19,21). The number of ether oxygens (including phenoxy) is 1. The Morgan fingerprint density at radius 2 is 1.95 bits per heavy atom. The number of nitrogens with zero attached hydrogens (tertiary/aromatic N) is 2. The topological polar surface area (TPSA) is 66.0 Å². The normalized spacial score (nSPS) is 16.8. The van der Waals surface area contributed by atoms with E-state index in [0.29, 0.717) is 19.1 Å². The first-order valence-corrected chi connectivity index (χ1v) is 8.53. The Balaban J connectivity index is 2.63. The number of nitrogens with one attached hydrogen (secondary N) is 2. The van der Waals surface area contributed by atoms with E-state index in [-0.39, 0.29) is 12.1 Å². The molecular formula is C16H32N4O2. The quantitative estimate of drug-likeness (QED) is 0.559. The van der Waals surface area contributed by atoms with Crippen LogP contribution >= 0.6 is 0 Å². The number of carbonyl (C=O) groups excluding carboxylic acids is 1. The third-order valence-electron chi connectivity index (χ3n) is 3.56. The van der Waals surface area contributed by atoms with Crippen molar-refractivity contribution in [3.8, 4) is 0 Å². The fraction of sp³-hybridized carbons (Fsp3) is 0.875. The van der Waals surface area contributed by atoms with E-state index in [1.807, 2.05) is 6.92 Å². The Labute approximate surface area is 134 Å². The van der Waals surface area contributed by atoms with Gasteiger partial charge >= 0.3 is 6.09 Å². The molecule has 6 nitrogen and oxygen atoms in total. The lowest BCUT2D eigenvalue weighted by Gasteiger charge is -2.23. The molecule has 1 fully saturated rings. The second kappa shape index (κ2) is 10.3. The van der Waals surface area contributed by atoms with Crippen molar-refractivity contribution in [2.24, 2.45) is 10.9 Å². The molecule has 0 saturated carbocycles. The molecule has 2 N–H and O–H groups in total. The summed E-state index contributed by atoms with van der Waals surface area (Å²) in [6, 6.07) is 0.00955. The van der Waals surface area contributed by atoms with Crippen LogP contribution < -0.4 is 10.6 Å². The minimum atomic E-state index is -0.352. The van der Waals surface area contributed by atoms with E-state index >= 15 is 0 Å². The Kier molecular flexibility index (Phi) is 8.70. The van der Waals surface area contributed by atoms with E-state index in [1.54, 1.807) is 0 Å². The highest BCUT2D eigenvalue weighted by molar-refractivity contribution is 5.80. The van der Waals surface area contributed by atoms with E-state index in [4.69, 9.17) is 9.73 Å². The molecule has 1 aliphatic rings. The molecular weight excluding hydrogens is 280 g/mol. The molecule has 1 saturated heterocycles. The Bertz CT molecular complexity index is 352. The molecule has 128 valence electrons. The predicted molar refractivity (Wildman–Crippen MR) is 90.2 cm³/mol. The zero-order chi connectivity index (χ0) is 16.4. The zero-order valence-corrected chi connectivity index (χ0v) is 14.5. The van der Waals surface area contributed by atoms with Gasteiger partial charge in [0.15, 0.2) is 5.96 Å². The van der Waals surface area contributed by atoms with Gasteiger partial charge in [0.05, 0.1) is 19.2 Å². The molecule has 1 aliphatic heterocycles. The van der Waals surface area contributed by atoms with Crippen molar-refractivity contribution in [1.29, 1.82) is 0 Å². The first-order valence-electron chi connectivity index (χ1n) is 8.53. The number of carbonyl (C=O) groups is 1. The van der Waals surface area contributed by atoms with Gasteiger partial charge in [-0.25, -0.2) is 4.79 Å². The molecule has 6 heteroatoms. The Morgan fingerprint density at radius 1 is 1.27 bits per heavy atom. The smallest absolute Gasteiger partial charge is 0.407 e. The van der Waals surface area contributed by atoms with Crippen molar-refractivity contribution in [3.63, 3.8) is 0 Å². The van der Waals surface area contributed by atoms with E-state index < -0.39 is 0 Å². The lowest BCUT2D eigenvalue weighted by molar-refractivity contribution is 0.147. The lowest BCUT2D eigenvalue weighted by Crippen LogP contribution is -2.42. The largest absolute Gasteiger partial charge is 0.450 e. The average molecular weight is 312 g/mol. The number of guanidine groups is 1. The minimum Gasteiger partial charge on any atom is -0.450 e. The van der Waals surface area contributed by atoms with Gasteiger partial charge in [-0.1, -0.05) is 13.8 Å². The van der Waals surface area contributed by atoms with Gasteiger partial charge in [0, 0.05) is 19.6 Å². The fourth-order valence-electron chi connectivity index (χ4n) is 2.64. The predicted octanol–water partition coefficient (Wildman–Crippen LogP) is 2.21. The molecule has 1 unspecified atom stereocenters. The summed E-state index contributed by atoms with van der Waals surface area (Å²) in [5.41, 5.74) is 0. The lowest BCUT2D eigenvalue weighted by atomic mass is 10.0. The van der Waals surface area contributed by atoms with Crippen LogP contribution in [0.1, 0.15) is 47.0 Å². The van der Waals surface area contributed by atoms with Gasteiger partial charge in [-0.15, -0.1) is 0 Å². The van der Waals surface area contributed by atoms with Crippen LogP contribution in [-0.4, -0.2) is 55.8 Å². The van der Waals surface area contributed by atoms with Gasteiger partial charge in [-0.05, 0) is 39.0 Å². The average Bonchev–Trinajstić information content (AvgIpc) is 2.96. The van der Waals surface area contributed by atoms with Crippen molar-refractivity contribution in [2.45, 2.75) is 53.0 Å². The van der Waals surface area contributed by atoms with Gasteiger partial charge in [-0.3, -0.25) is 4.99 Å². The molecule has 1 rings (SSSR count).